The third kappa shape index (κ3) is 5.59. The number of nitrogens with one attached hydrogen (secondary N) is 2. The zero-order chi connectivity index (χ0) is 15.8. The first-order valence-corrected chi connectivity index (χ1v) is 6.15. The molecule has 0 radical (unpaired) electrons. The molecule has 1 amide bonds. The normalized spacial score (nSPS) is 11.7. The number of hydrogen-bond donors (Lipinski definition) is 5. The largest absolute Gasteiger partial charge is 0.481 e. The molecule has 0 spiro atoms. The Bertz CT molecular complexity index is 531. The number of hydrogen-bond acceptors (Lipinski definition) is 5. The fraction of sp³-hybridized carbons (Fsp3) is 0.308. The predicted octanol–water partition coefficient (Wildman–Crippen LogP) is 0.213. The standard InChI is InChI=1S/C13H16N2O6/c16-11(17)5-4-10(12(18)15-21)14-7-8-2-1-3-9(6-8)13(19)20/h1-3,6,10,14,21H,4-5,7H2,(H,15,18)(H,16,17)(H,19,20). The number of hydroxylamine groups is 1. The van der Waals surface area contributed by atoms with E-state index >= 15 is 0 Å². The topological polar surface area (TPSA) is 136 Å². The number of carboxylic acids is 2. The minimum atomic E-state index is -1.06. The van der Waals surface area contributed by atoms with Gasteiger partial charge in [0.05, 0.1) is 11.6 Å². The Balaban J connectivity index is 2.67. The second kappa shape index (κ2) is 7.98. The van der Waals surface area contributed by atoms with Gasteiger partial charge in [0, 0.05) is 13.0 Å². The summed E-state index contributed by atoms with van der Waals surface area (Å²) in [6.07, 6.45) is -0.236. The fourth-order valence-electron chi connectivity index (χ4n) is 1.73. The molecular formula is C13H16N2O6. The van der Waals surface area contributed by atoms with Crippen molar-refractivity contribution >= 4 is 17.8 Å². The van der Waals surface area contributed by atoms with Gasteiger partial charge in [0.25, 0.3) is 5.91 Å². The zero-order valence-electron chi connectivity index (χ0n) is 11.1. The second-order valence-electron chi connectivity index (χ2n) is 4.35. The maximum Gasteiger partial charge on any atom is 0.335 e. The SMILES string of the molecule is O=C(O)CCC(NCc1cccc(C(=O)O)c1)C(=O)NO. The molecule has 0 saturated heterocycles. The lowest BCUT2D eigenvalue weighted by molar-refractivity contribution is -0.137. The Kier molecular flexibility index (Phi) is 6.31. The van der Waals surface area contributed by atoms with Crippen molar-refractivity contribution in [2.75, 3.05) is 0 Å². The number of carboxylic acid groups (broad SMARTS) is 2. The molecule has 1 atom stereocenters. The van der Waals surface area contributed by atoms with Crippen molar-refractivity contribution in [3.8, 4) is 0 Å². The molecule has 1 aromatic rings. The summed E-state index contributed by atoms with van der Waals surface area (Å²) in [7, 11) is 0. The number of aromatic carboxylic acids is 1. The van der Waals surface area contributed by atoms with Crippen molar-refractivity contribution < 1.29 is 29.8 Å². The van der Waals surface area contributed by atoms with Crippen LogP contribution in [0.2, 0.25) is 0 Å². The molecule has 114 valence electrons. The van der Waals surface area contributed by atoms with Crippen molar-refractivity contribution in [2.45, 2.75) is 25.4 Å². The highest BCUT2D eigenvalue weighted by atomic mass is 16.5. The Labute approximate surface area is 120 Å². The Morgan fingerprint density at radius 1 is 1.19 bits per heavy atom. The predicted molar refractivity (Wildman–Crippen MR) is 70.8 cm³/mol. The molecule has 1 aromatic carbocycles. The highest BCUT2D eigenvalue weighted by molar-refractivity contribution is 5.87. The molecule has 0 heterocycles. The lowest BCUT2D eigenvalue weighted by Crippen LogP contribution is -2.43. The highest BCUT2D eigenvalue weighted by Crippen LogP contribution is 2.07. The van der Waals surface area contributed by atoms with Crippen LogP contribution < -0.4 is 10.8 Å². The lowest BCUT2D eigenvalue weighted by atomic mass is 10.1. The summed E-state index contributed by atoms with van der Waals surface area (Å²) in [5.74, 6) is -2.86. The smallest absolute Gasteiger partial charge is 0.335 e. The van der Waals surface area contributed by atoms with Gasteiger partial charge in [-0.25, -0.2) is 10.3 Å². The van der Waals surface area contributed by atoms with E-state index in [0.29, 0.717) is 5.56 Å². The average molecular weight is 296 g/mol. The van der Waals surface area contributed by atoms with E-state index in [0.717, 1.165) is 0 Å². The second-order valence-corrected chi connectivity index (χ2v) is 4.35. The Morgan fingerprint density at radius 3 is 2.48 bits per heavy atom. The zero-order valence-corrected chi connectivity index (χ0v) is 11.1. The first kappa shape index (κ1) is 16.6. The van der Waals surface area contributed by atoms with Crippen LogP contribution in [0.1, 0.15) is 28.8 Å². The molecule has 0 aliphatic rings. The van der Waals surface area contributed by atoms with Gasteiger partial charge < -0.3 is 15.5 Å². The maximum absolute atomic E-state index is 11.4. The van der Waals surface area contributed by atoms with Gasteiger partial charge in [-0.05, 0) is 24.1 Å². The number of rotatable bonds is 8. The molecule has 1 unspecified atom stereocenters. The van der Waals surface area contributed by atoms with Crippen LogP contribution in [0.3, 0.4) is 0 Å². The molecule has 8 heteroatoms. The fourth-order valence-corrected chi connectivity index (χ4v) is 1.73. The summed E-state index contributed by atoms with van der Waals surface area (Å²) >= 11 is 0. The third-order valence-electron chi connectivity index (χ3n) is 2.80. The van der Waals surface area contributed by atoms with E-state index in [1.807, 2.05) is 0 Å². The minimum absolute atomic E-state index is 0.000345. The van der Waals surface area contributed by atoms with Crippen molar-refractivity contribution in [1.29, 1.82) is 0 Å². The molecular weight excluding hydrogens is 280 g/mol. The van der Waals surface area contributed by atoms with Crippen LogP contribution in [0.5, 0.6) is 0 Å². The molecule has 0 fully saturated rings. The molecule has 1 rings (SSSR count). The van der Waals surface area contributed by atoms with Crippen molar-refractivity contribution in [3.05, 3.63) is 35.4 Å². The van der Waals surface area contributed by atoms with Crippen molar-refractivity contribution in [2.24, 2.45) is 0 Å². The number of aliphatic carboxylic acids is 1. The van der Waals surface area contributed by atoms with Crippen LogP contribution in [0, 0.1) is 0 Å². The van der Waals surface area contributed by atoms with Gasteiger partial charge in [0.15, 0.2) is 0 Å². The van der Waals surface area contributed by atoms with Gasteiger partial charge in [0.2, 0.25) is 0 Å². The van der Waals surface area contributed by atoms with Gasteiger partial charge in [-0.1, -0.05) is 12.1 Å². The molecule has 8 nitrogen and oxygen atoms in total. The lowest BCUT2D eigenvalue weighted by Gasteiger charge is -2.16. The van der Waals surface area contributed by atoms with Gasteiger partial charge in [-0.2, -0.15) is 0 Å². The van der Waals surface area contributed by atoms with Gasteiger partial charge in [-0.3, -0.25) is 14.8 Å². The Hall–Kier alpha value is -2.45. The monoisotopic (exact) mass is 296 g/mol. The van der Waals surface area contributed by atoms with E-state index in [-0.39, 0.29) is 24.9 Å². The first-order chi connectivity index (χ1) is 9.93. The van der Waals surface area contributed by atoms with Crippen LogP contribution in [0.15, 0.2) is 24.3 Å². The van der Waals surface area contributed by atoms with Gasteiger partial charge in [0.1, 0.15) is 0 Å². The van der Waals surface area contributed by atoms with Gasteiger partial charge >= 0.3 is 11.9 Å². The maximum atomic E-state index is 11.4. The van der Waals surface area contributed by atoms with E-state index in [9.17, 15) is 14.4 Å². The van der Waals surface area contributed by atoms with Crippen LogP contribution in [-0.4, -0.2) is 39.3 Å². The molecule has 5 N–H and O–H groups in total. The summed E-state index contributed by atoms with van der Waals surface area (Å²) in [6, 6.07) is 5.23. The van der Waals surface area contributed by atoms with Crippen molar-refractivity contribution in [1.82, 2.24) is 10.8 Å². The van der Waals surface area contributed by atoms with Gasteiger partial charge in [-0.15, -0.1) is 0 Å². The minimum Gasteiger partial charge on any atom is -0.481 e. The summed E-state index contributed by atoms with van der Waals surface area (Å²) in [5, 5.41) is 28.9. The number of carbonyl (C=O) groups excluding carboxylic acids is 1. The quantitative estimate of drug-likeness (QED) is 0.342. The van der Waals surface area contributed by atoms with E-state index in [1.54, 1.807) is 12.1 Å². The molecule has 0 aliphatic heterocycles. The van der Waals surface area contributed by atoms with Crippen LogP contribution in [0.25, 0.3) is 0 Å². The summed E-state index contributed by atoms with van der Waals surface area (Å²) < 4.78 is 0. The van der Waals surface area contributed by atoms with E-state index < -0.39 is 23.9 Å². The third-order valence-corrected chi connectivity index (χ3v) is 2.80. The Morgan fingerprint density at radius 2 is 1.90 bits per heavy atom. The summed E-state index contributed by atoms with van der Waals surface area (Å²) in [5.41, 5.74) is 2.21. The van der Waals surface area contributed by atoms with E-state index in [2.05, 4.69) is 5.32 Å². The molecule has 0 aromatic heterocycles. The number of amides is 1. The first-order valence-electron chi connectivity index (χ1n) is 6.15. The number of carbonyl (C=O) groups is 3. The van der Waals surface area contributed by atoms with Crippen LogP contribution >= 0.6 is 0 Å². The van der Waals surface area contributed by atoms with Crippen molar-refractivity contribution in [3.63, 3.8) is 0 Å². The van der Waals surface area contributed by atoms with E-state index in [1.165, 1.54) is 17.6 Å². The summed E-state index contributed by atoms with van der Waals surface area (Å²) in [4.78, 5) is 32.8. The van der Waals surface area contributed by atoms with Crippen LogP contribution in [0.4, 0.5) is 0 Å². The van der Waals surface area contributed by atoms with E-state index in [4.69, 9.17) is 15.4 Å². The van der Waals surface area contributed by atoms with Crippen LogP contribution in [-0.2, 0) is 16.1 Å². The number of benzene rings is 1. The molecule has 0 saturated carbocycles. The highest BCUT2D eigenvalue weighted by Gasteiger charge is 2.18. The summed E-state index contributed by atoms with van der Waals surface area (Å²) in [6.45, 7) is 0.166. The average Bonchev–Trinajstić information content (AvgIpc) is 2.46. The molecule has 21 heavy (non-hydrogen) atoms. The molecule has 0 aliphatic carbocycles. The molecule has 0 bridgehead atoms.